The molecule has 0 heterocycles. The number of carboxylic acids is 1. The predicted octanol–water partition coefficient (Wildman–Crippen LogP) is 2.67. The van der Waals surface area contributed by atoms with Gasteiger partial charge in [0.05, 0.1) is 0 Å². The zero-order valence-electron chi connectivity index (χ0n) is 14.3. The first-order chi connectivity index (χ1) is 8.77. The molecule has 2 nitrogen and oxygen atoms in total. The maximum Gasteiger partial charge on any atom is 1.00 e. The maximum atomic E-state index is 10.3. The Morgan fingerprint density at radius 1 is 0.737 bits per heavy atom. The zero-order valence-corrected chi connectivity index (χ0v) is 13.3. The Labute approximate surface area is 133 Å². The largest absolute Gasteiger partial charge is 1.00 e. The molecule has 0 amide bonds. The molecule has 0 rings (SSSR count). The van der Waals surface area contributed by atoms with Crippen LogP contribution in [-0.2, 0) is 4.79 Å². The summed E-state index contributed by atoms with van der Waals surface area (Å²) in [5.74, 6) is -0.655. The first kappa shape index (κ1) is 21.4. The smallest absolute Gasteiger partial charge is 1.00 e. The molecule has 0 aromatic rings. The summed E-state index contributed by atoms with van der Waals surface area (Å²) in [4.78, 5) is 10.3. The fourth-order valence-electron chi connectivity index (χ4n) is 2.29. The van der Waals surface area contributed by atoms with Gasteiger partial charge in [0.1, 0.15) is 0 Å². The van der Waals surface area contributed by atoms with Crippen molar-refractivity contribution < 1.29 is 30.2 Å². The van der Waals surface area contributed by atoms with Gasteiger partial charge < -0.3 is 6.53 Å². The SMILES string of the molecule is CCCCCCCCCCCCCCCC(=O)O.[H-].[Li+]. The number of hydrogen-bond acceptors (Lipinski definition) is 1. The van der Waals surface area contributed by atoms with Gasteiger partial charge in [-0.05, 0) is 6.42 Å². The summed E-state index contributed by atoms with van der Waals surface area (Å²) in [7, 11) is 0. The summed E-state index contributed by atoms with van der Waals surface area (Å²) in [6.45, 7) is 2.26. The molecular formula is C16H33LiO2. The quantitative estimate of drug-likeness (QED) is 0.387. The molecule has 1 N–H and O–H groups in total. The molecule has 0 aliphatic heterocycles. The van der Waals surface area contributed by atoms with Crippen LogP contribution < -0.4 is 18.9 Å². The number of hydrogen-bond donors (Lipinski definition) is 1. The van der Waals surface area contributed by atoms with Crippen LogP contribution in [0.25, 0.3) is 0 Å². The van der Waals surface area contributed by atoms with Crippen molar-refractivity contribution in [3.63, 3.8) is 0 Å². The Hall–Kier alpha value is 0.0674. The number of aliphatic carboxylic acids is 1. The Morgan fingerprint density at radius 3 is 1.37 bits per heavy atom. The average molecular weight is 264 g/mol. The van der Waals surface area contributed by atoms with Gasteiger partial charge in [-0.2, -0.15) is 0 Å². The van der Waals surface area contributed by atoms with Gasteiger partial charge in [0, 0.05) is 6.42 Å². The average Bonchev–Trinajstić information content (AvgIpc) is 2.34. The van der Waals surface area contributed by atoms with Crippen molar-refractivity contribution in [1.29, 1.82) is 0 Å². The fourth-order valence-corrected chi connectivity index (χ4v) is 2.29. The van der Waals surface area contributed by atoms with Crippen LogP contribution in [0.15, 0.2) is 0 Å². The van der Waals surface area contributed by atoms with E-state index in [0.29, 0.717) is 6.42 Å². The van der Waals surface area contributed by atoms with Crippen molar-refractivity contribution in [1.82, 2.24) is 0 Å². The second kappa shape index (κ2) is 18.1. The minimum atomic E-state index is -0.655. The molecular weight excluding hydrogens is 231 g/mol. The Morgan fingerprint density at radius 2 is 1.05 bits per heavy atom. The minimum absolute atomic E-state index is 0. The Bertz CT molecular complexity index is 189. The molecule has 19 heavy (non-hydrogen) atoms. The second-order valence-electron chi connectivity index (χ2n) is 5.39. The number of carbonyl (C=O) groups is 1. The van der Waals surface area contributed by atoms with Gasteiger partial charge in [0.25, 0.3) is 0 Å². The van der Waals surface area contributed by atoms with Gasteiger partial charge in [-0.25, -0.2) is 0 Å². The van der Waals surface area contributed by atoms with Crippen LogP contribution >= 0.6 is 0 Å². The van der Waals surface area contributed by atoms with E-state index in [0.717, 1.165) is 12.8 Å². The van der Waals surface area contributed by atoms with Crippen molar-refractivity contribution in [2.24, 2.45) is 0 Å². The van der Waals surface area contributed by atoms with Crippen molar-refractivity contribution in [2.75, 3.05) is 0 Å². The molecule has 0 fully saturated rings. The van der Waals surface area contributed by atoms with E-state index in [2.05, 4.69) is 6.92 Å². The van der Waals surface area contributed by atoms with Crippen molar-refractivity contribution >= 4 is 5.97 Å². The molecule has 0 aliphatic carbocycles. The summed E-state index contributed by atoms with van der Waals surface area (Å²) in [6.07, 6.45) is 17.3. The van der Waals surface area contributed by atoms with Crippen LogP contribution in [0.1, 0.15) is 98.2 Å². The molecule has 0 saturated carbocycles. The molecule has 0 aromatic carbocycles. The van der Waals surface area contributed by atoms with Gasteiger partial charge in [-0.3, -0.25) is 4.79 Å². The third-order valence-electron chi connectivity index (χ3n) is 3.49. The molecule has 0 atom stereocenters. The normalized spacial score (nSPS) is 10.2. The number of carboxylic acid groups (broad SMARTS) is 1. The molecule has 110 valence electrons. The van der Waals surface area contributed by atoms with E-state index in [9.17, 15) is 4.79 Å². The van der Waals surface area contributed by atoms with E-state index in [1.165, 1.54) is 70.6 Å². The van der Waals surface area contributed by atoms with E-state index in [4.69, 9.17) is 5.11 Å². The molecule has 0 aliphatic rings. The van der Waals surface area contributed by atoms with Gasteiger partial charge in [0.15, 0.2) is 0 Å². The number of unbranched alkanes of at least 4 members (excludes halogenated alkanes) is 12. The van der Waals surface area contributed by atoms with Crippen molar-refractivity contribution in [2.45, 2.75) is 96.8 Å². The standard InChI is InChI=1S/C16H32O2.Li.H/c1-2-3-4-5-6-7-8-9-10-11-12-13-14-15-16(17)18;;/h2-15H2,1H3,(H,17,18);;/q;+1;-1. The first-order valence-electron chi connectivity index (χ1n) is 7.99. The molecule has 0 saturated heterocycles. The Kier molecular flexibility index (Phi) is 20.3. The van der Waals surface area contributed by atoms with E-state index in [1.54, 1.807) is 0 Å². The van der Waals surface area contributed by atoms with E-state index in [-0.39, 0.29) is 20.3 Å². The van der Waals surface area contributed by atoms with Crippen LogP contribution in [0.2, 0.25) is 0 Å². The minimum Gasteiger partial charge on any atom is -1.00 e. The van der Waals surface area contributed by atoms with Gasteiger partial charge in [-0.15, -0.1) is 0 Å². The first-order valence-corrected chi connectivity index (χ1v) is 7.99. The van der Waals surface area contributed by atoms with Crippen LogP contribution in [0.3, 0.4) is 0 Å². The summed E-state index contributed by atoms with van der Waals surface area (Å²) in [5, 5.41) is 8.49. The maximum absolute atomic E-state index is 10.3. The summed E-state index contributed by atoms with van der Waals surface area (Å²) >= 11 is 0. The summed E-state index contributed by atoms with van der Waals surface area (Å²) < 4.78 is 0. The second-order valence-corrected chi connectivity index (χ2v) is 5.39. The molecule has 3 heteroatoms. The van der Waals surface area contributed by atoms with Crippen LogP contribution in [0.4, 0.5) is 0 Å². The van der Waals surface area contributed by atoms with Gasteiger partial charge in [0.2, 0.25) is 0 Å². The number of rotatable bonds is 14. The molecule has 0 unspecified atom stereocenters. The van der Waals surface area contributed by atoms with E-state index < -0.39 is 5.97 Å². The fraction of sp³-hybridized carbons (Fsp3) is 0.938. The van der Waals surface area contributed by atoms with E-state index in [1.807, 2.05) is 0 Å². The monoisotopic (exact) mass is 264 g/mol. The third kappa shape index (κ3) is 20.5. The van der Waals surface area contributed by atoms with E-state index >= 15 is 0 Å². The van der Waals surface area contributed by atoms with Crippen molar-refractivity contribution in [3.8, 4) is 0 Å². The zero-order chi connectivity index (χ0) is 13.5. The Balaban J connectivity index is -0.00000144. The molecule has 0 radical (unpaired) electrons. The summed E-state index contributed by atoms with van der Waals surface area (Å²) in [6, 6.07) is 0. The van der Waals surface area contributed by atoms with Gasteiger partial charge >= 0.3 is 24.8 Å². The van der Waals surface area contributed by atoms with Gasteiger partial charge in [-0.1, -0.05) is 84.0 Å². The van der Waals surface area contributed by atoms with Crippen LogP contribution in [0, 0.1) is 0 Å². The topological polar surface area (TPSA) is 37.3 Å². The summed E-state index contributed by atoms with van der Waals surface area (Å²) in [5.41, 5.74) is 0. The molecule has 0 aromatic heterocycles. The molecule has 0 bridgehead atoms. The van der Waals surface area contributed by atoms with Crippen LogP contribution in [0.5, 0.6) is 0 Å². The van der Waals surface area contributed by atoms with Crippen molar-refractivity contribution in [3.05, 3.63) is 0 Å². The van der Waals surface area contributed by atoms with Crippen LogP contribution in [-0.4, -0.2) is 11.1 Å². The molecule has 0 spiro atoms. The predicted molar refractivity (Wildman–Crippen MR) is 79.1 cm³/mol. The third-order valence-corrected chi connectivity index (χ3v) is 3.49.